The molecule has 8 heteroatoms. The normalized spacial score (nSPS) is 11.4. The Labute approximate surface area is 151 Å². The molecule has 0 radical (unpaired) electrons. The highest BCUT2D eigenvalue weighted by atomic mass is 35.5. The Balaban J connectivity index is 2.09. The number of aryl methyl sites for hydroxylation is 3. The molecule has 0 unspecified atom stereocenters. The molecule has 1 amide bonds. The number of carbonyl (C=O) groups excluding carboxylic acids is 1. The summed E-state index contributed by atoms with van der Waals surface area (Å²) in [6, 6.07) is 7.03. The maximum absolute atomic E-state index is 13.8. The van der Waals surface area contributed by atoms with Crippen LogP contribution in [0.15, 0.2) is 35.2 Å². The van der Waals surface area contributed by atoms with Crippen LogP contribution in [-0.4, -0.2) is 20.9 Å². The zero-order valence-corrected chi connectivity index (χ0v) is 15.6. The van der Waals surface area contributed by atoms with Crippen molar-refractivity contribution in [3.8, 4) is 0 Å². The number of anilines is 1. The number of benzene rings is 2. The summed E-state index contributed by atoms with van der Waals surface area (Å²) in [5.41, 5.74) is 3.44. The third kappa shape index (κ3) is 4.78. The molecule has 0 aromatic heterocycles. The number of amides is 1. The highest BCUT2D eigenvalue weighted by molar-refractivity contribution is 7.89. The summed E-state index contributed by atoms with van der Waals surface area (Å²) in [4.78, 5) is 11.5. The summed E-state index contributed by atoms with van der Waals surface area (Å²) in [6.07, 6.45) is 0. The molecule has 2 aromatic carbocycles. The third-order valence-electron chi connectivity index (χ3n) is 3.55. The minimum absolute atomic E-state index is 0.0829. The molecule has 0 heterocycles. The van der Waals surface area contributed by atoms with Gasteiger partial charge in [-0.2, -0.15) is 0 Å². The van der Waals surface area contributed by atoms with Crippen LogP contribution in [-0.2, 0) is 14.8 Å². The van der Waals surface area contributed by atoms with Gasteiger partial charge in [0.15, 0.2) is 0 Å². The smallest absolute Gasteiger partial charge is 0.243 e. The van der Waals surface area contributed by atoms with Crippen LogP contribution in [0.3, 0.4) is 0 Å². The van der Waals surface area contributed by atoms with Gasteiger partial charge in [-0.3, -0.25) is 4.79 Å². The van der Waals surface area contributed by atoms with Crippen LogP contribution in [0.5, 0.6) is 0 Å². The molecule has 0 aliphatic heterocycles. The first-order valence-electron chi connectivity index (χ1n) is 7.42. The van der Waals surface area contributed by atoms with Gasteiger partial charge in [-0.15, -0.1) is 0 Å². The van der Waals surface area contributed by atoms with E-state index in [2.05, 4.69) is 10.0 Å². The molecule has 0 aliphatic carbocycles. The number of halogens is 2. The molecule has 25 heavy (non-hydrogen) atoms. The van der Waals surface area contributed by atoms with Gasteiger partial charge in [0.05, 0.1) is 6.54 Å². The highest BCUT2D eigenvalue weighted by Crippen LogP contribution is 2.22. The average molecular weight is 385 g/mol. The van der Waals surface area contributed by atoms with Gasteiger partial charge in [-0.05, 0) is 50.1 Å². The molecule has 0 saturated carbocycles. The first-order valence-corrected chi connectivity index (χ1v) is 9.28. The quantitative estimate of drug-likeness (QED) is 0.830. The Morgan fingerprint density at radius 1 is 1.12 bits per heavy atom. The van der Waals surface area contributed by atoms with Crippen LogP contribution in [0.4, 0.5) is 10.1 Å². The van der Waals surface area contributed by atoms with E-state index in [4.69, 9.17) is 11.6 Å². The van der Waals surface area contributed by atoms with Crippen molar-refractivity contribution in [3.05, 3.63) is 57.9 Å². The lowest BCUT2D eigenvalue weighted by Crippen LogP contribution is -2.33. The van der Waals surface area contributed by atoms with Gasteiger partial charge in [0, 0.05) is 10.7 Å². The van der Waals surface area contributed by atoms with Gasteiger partial charge in [0.1, 0.15) is 10.7 Å². The number of carbonyl (C=O) groups is 1. The van der Waals surface area contributed by atoms with E-state index < -0.39 is 33.2 Å². The van der Waals surface area contributed by atoms with Crippen LogP contribution >= 0.6 is 11.6 Å². The molecular formula is C17H18ClFN2O3S. The lowest BCUT2D eigenvalue weighted by atomic mass is 10.1. The fourth-order valence-electron chi connectivity index (χ4n) is 2.49. The Bertz CT molecular complexity index is 906. The molecule has 2 aromatic rings. The number of hydrogen-bond acceptors (Lipinski definition) is 3. The van der Waals surface area contributed by atoms with Crippen molar-refractivity contribution in [2.24, 2.45) is 0 Å². The van der Waals surface area contributed by atoms with E-state index in [-0.39, 0.29) is 5.02 Å². The van der Waals surface area contributed by atoms with Crippen molar-refractivity contribution in [3.63, 3.8) is 0 Å². The van der Waals surface area contributed by atoms with E-state index in [1.54, 1.807) is 0 Å². The van der Waals surface area contributed by atoms with Crippen molar-refractivity contribution < 1.29 is 17.6 Å². The monoisotopic (exact) mass is 384 g/mol. The Morgan fingerprint density at radius 3 is 2.28 bits per heavy atom. The number of hydrogen-bond donors (Lipinski definition) is 2. The zero-order valence-electron chi connectivity index (χ0n) is 14.0. The second-order valence-corrected chi connectivity index (χ2v) is 7.89. The van der Waals surface area contributed by atoms with E-state index in [1.165, 1.54) is 6.07 Å². The lowest BCUT2D eigenvalue weighted by Gasteiger charge is -2.13. The minimum Gasteiger partial charge on any atom is -0.324 e. The van der Waals surface area contributed by atoms with E-state index >= 15 is 0 Å². The Kier molecular flexibility index (Phi) is 5.82. The van der Waals surface area contributed by atoms with Crippen LogP contribution in [0.25, 0.3) is 0 Å². The summed E-state index contributed by atoms with van der Waals surface area (Å²) in [5.74, 6) is -1.53. The SMILES string of the molecule is Cc1cc(C)c(NC(=O)CNS(=O)(=O)c2ccc(Cl)cc2F)c(C)c1. The molecule has 0 fully saturated rings. The molecule has 2 rings (SSSR count). The largest absolute Gasteiger partial charge is 0.324 e. The first kappa shape index (κ1) is 19.4. The van der Waals surface area contributed by atoms with Crippen molar-refractivity contribution in [1.29, 1.82) is 0 Å². The maximum atomic E-state index is 13.8. The van der Waals surface area contributed by atoms with E-state index in [9.17, 15) is 17.6 Å². The summed E-state index contributed by atoms with van der Waals surface area (Å²) >= 11 is 5.61. The van der Waals surface area contributed by atoms with Crippen molar-refractivity contribution in [2.75, 3.05) is 11.9 Å². The van der Waals surface area contributed by atoms with Crippen molar-refractivity contribution >= 4 is 33.2 Å². The molecule has 0 saturated heterocycles. The van der Waals surface area contributed by atoms with E-state index in [1.807, 2.05) is 32.9 Å². The van der Waals surface area contributed by atoms with Crippen LogP contribution in [0.1, 0.15) is 16.7 Å². The third-order valence-corrected chi connectivity index (χ3v) is 5.22. The van der Waals surface area contributed by atoms with Gasteiger partial charge in [-0.1, -0.05) is 29.3 Å². The predicted octanol–water partition coefficient (Wildman–Crippen LogP) is 3.32. The van der Waals surface area contributed by atoms with Crippen LogP contribution < -0.4 is 10.0 Å². The first-order chi connectivity index (χ1) is 11.6. The average Bonchev–Trinajstić information content (AvgIpc) is 2.48. The highest BCUT2D eigenvalue weighted by Gasteiger charge is 2.20. The number of rotatable bonds is 5. The summed E-state index contributed by atoms with van der Waals surface area (Å²) in [6.45, 7) is 5.13. The molecule has 0 bridgehead atoms. The van der Waals surface area contributed by atoms with E-state index in [0.717, 1.165) is 28.8 Å². The zero-order chi connectivity index (χ0) is 18.8. The number of sulfonamides is 1. The maximum Gasteiger partial charge on any atom is 0.243 e. The summed E-state index contributed by atoms with van der Waals surface area (Å²) in [5, 5.41) is 2.76. The second-order valence-electron chi connectivity index (χ2n) is 5.72. The van der Waals surface area contributed by atoms with Gasteiger partial charge < -0.3 is 5.32 Å². The van der Waals surface area contributed by atoms with Gasteiger partial charge >= 0.3 is 0 Å². The van der Waals surface area contributed by atoms with E-state index in [0.29, 0.717) is 5.69 Å². The molecule has 0 atom stereocenters. The number of nitrogens with one attached hydrogen (secondary N) is 2. The van der Waals surface area contributed by atoms with Gasteiger partial charge in [-0.25, -0.2) is 17.5 Å². The predicted molar refractivity (Wildman–Crippen MR) is 95.9 cm³/mol. The molecule has 134 valence electrons. The minimum atomic E-state index is -4.17. The van der Waals surface area contributed by atoms with Gasteiger partial charge in [0.2, 0.25) is 15.9 Å². The molecular weight excluding hydrogens is 367 g/mol. The second kappa shape index (κ2) is 7.51. The summed E-state index contributed by atoms with van der Waals surface area (Å²) in [7, 11) is -4.17. The fraction of sp³-hybridized carbons (Fsp3) is 0.235. The van der Waals surface area contributed by atoms with Crippen molar-refractivity contribution in [1.82, 2.24) is 4.72 Å². The molecule has 2 N–H and O–H groups in total. The van der Waals surface area contributed by atoms with Crippen LogP contribution in [0.2, 0.25) is 5.02 Å². The molecule has 5 nitrogen and oxygen atoms in total. The molecule has 0 spiro atoms. The Morgan fingerprint density at radius 2 is 1.72 bits per heavy atom. The lowest BCUT2D eigenvalue weighted by molar-refractivity contribution is -0.115. The van der Waals surface area contributed by atoms with Gasteiger partial charge in [0.25, 0.3) is 0 Å². The topological polar surface area (TPSA) is 75.3 Å². The Hall–Kier alpha value is -1.96. The molecule has 0 aliphatic rings. The fourth-order valence-corrected chi connectivity index (χ4v) is 3.69. The standard InChI is InChI=1S/C17H18ClFN2O3S/c1-10-6-11(2)17(12(3)7-10)21-16(22)9-20-25(23,24)15-5-4-13(18)8-14(15)19/h4-8,20H,9H2,1-3H3,(H,21,22). The summed E-state index contributed by atoms with van der Waals surface area (Å²) < 4.78 is 40.1. The van der Waals surface area contributed by atoms with Crippen LogP contribution in [0, 0.1) is 26.6 Å². The van der Waals surface area contributed by atoms with Crippen molar-refractivity contribution in [2.45, 2.75) is 25.7 Å².